The molecule has 0 aromatic rings. The molecule has 8 unspecified atom stereocenters. The van der Waals surface area contributed by atoms with Crippen LogP contribution < -0.4 is 0 Å². The van der Waals surface area contributed by atoms with E-state index < -0.39 is 0 Å². The molecule has 5 aliphatic rings. The third kappa shape index (κ3) is 1.98. The first-order valence-electron chi connectivity index (χ1n) is 11.1. The van der Waals surface area contributed by atoms with Crippen LogP contribution in [0.3, 0.4) is 0 Å². The Kier molecular flexibility index (Phi) is 3.60. The van der Waals surface area contributed by atoms with E-state index in [1.54, 1.807) is 0 Å². The van der Waals surface area contributed by atoms with E-state index in [1.807, 2.05) is 0 Å². The smallest absolute Gasteiger partial charge is 0.0656 e. The van der Waals surface area contributed by atoms with Crippen molar-refractivity contribution in [3.8, 4) is 6.07 Å². The molecule has 0 saturated heterocycles. The van der Waals surface area contributed by atoms with Crippen LogP contribution in [0.1, 0.15) is 90.4 Å². The maximum atomic E-state index is 9.58. The highest BCUT2D eigenvalue weighted by molar-refractivity contribution is 5.12. The quantitative estimate of drug-likeness (QED) is 0.510. The molecule has 5 saturated carbocycles. The summed E-state index contributed by atoms with van der Waals surface area (Å²) in [5.41, 5.74) is 1.27. The number of rotatable bonds is 0. The number of hydrogen-bond donors (Lipinski definition) is 0. The molecule has 5 aliphatic carbocycles. The molecule has 0 aliphatic heterocycles. The van der Waals surface area contributed by atoms with Gasteiger partial charge in [0.05, 0.1) is 6.07 Å². The Hall–Kier alpha value is -0.510. The Morgan fingerprint density at radius 1 is 0.792 bits per heavy atom. The van der Waals surface area contributed by atoms with Crippen LogP contribution in [0.15, 0.2) is 0 Å². The predicted octanol–water partition coefficient (Wildman–Crippen LogP) is 6.34. The Bertz CT molecular complexity index is 547. The van der Waals surface area contributed by atoms with Crippen LogP contribution in [-0.2, 0) is 0 Å². The normalized spacial score (nSPS) is 56.3. The molecule has 5 rings (SSSR count). The zero-order chi connectivity index (χ0) is 16.4. The number of fused-ring (bicyclic) bond motifs is 4. The van der Waals surface area contributed by atoms with Crippen molar-refractivity contribution in [3.63, 3.8) is 0 Å². The van der Waals surface area contributed by atoms with Crippen molar-refractivity contribution in [1.29, 1.82) is 5.26 Å². The fourth-order valence-electron chi connectivity index (χ4n) is 9.14. The lowest BCUT2D eigenvalue weighted by molar-refractivity contribution is -0.126. The Morgan fingerprint density at radius 2 is 1.62 bits per heavy atom. The third-order valence-corrected chi connectivity index (χ3v) is 10.2. The largest absolute Gasteiger partial charge is 0.198 e. The van der Waals surface area contributed by atoms with Gasteiger partial charge < -0.3 is 0 Å². The molecular weight excluding hydrogens is 290 g/mol. The minimum absolute atomic E-state index is 0.375. The van der Waals surface area contributed by atoms with Gasteiger partial charge in [0.2, 0.25) is 0 Å². The fraction of sp³-hybridized carbons (Fsp3) is 0.957. The Balaban J connectivity index is 1.46. The first-order chi connectivity index (χ1) is 11.7. The highest BCUT2D eigenvalue weighted by atomic mass is 14.7. The zero-order valence-electron chi connectivity index (χ0n) is 15.6. The van der Waals surface area contributed by atoms with Gasteiger partial charge in [-0.1, -0.05) is 19.8 Å². The lowest BCUT2D eigenvalue weighted by Gasteiger charge is -2.62. The number of nitriles is 1. The number of nitrogens with zero attached hydrogens (tertiary/aromatic N) is 1. The second-order valence-corrected chi connectivity index (χ2v) is 10.6. The first kappa shape index (κ1) is 15.7. The van der Waals surface area contributed by atoms with Crippen LogP contribution in [-0.4, -0.2) is 0 Å². The molecule has 0 heterocycles. The average Bonchev–Trinajstić information content (AvgIpc) is 2.99. The molecule has 5 fully saturated rings. The topological polar surface area (TPSA) is 23.8 Å². The molecule has 0 N–H and O–H groups in total. The van der Waals surface area contributed by atoms with Crippen molar-refractivity contribution < 1.29 is 0 Å². The van der Waals surface area contributed by atoms with E-state index in [2.05, 4.69) is 13.0 Å². The van der Waals surface area contributed by atoms with E-state index in [9.17, 15) is 5.26 Å². The summed E-state index contributed by atoms with van der Waals surface area (Å²) in [5, 5.41) is 9.58. The second kappa shape index (κ2) is 5.49. The molecular formula is C23H35N. The average molecular weight is 326 g/mol. The molecule has 0 amide bonds. The monoisotopic (exact) mass is 325 g/mol. The molecule has 1 spiro atoms. The molecule has 132 valence electrons. The van der Waals surface area contributed by atoms with Gasteiger partial charge in [-0.25, -0.2) is 0 Å². The van der Waals surface area contributed by atoms with Crippen molar-refractivity contribution in [2.45, 2.75) is 90.4 Å². The minimum Gasteiger partial charge on any atom is -0.198 e. The van der Waals surface area contributed by atoms with Gasteiger partial charge >= 0.3 is 0 Å². The molecule has 24 heavy (non-hydrogen) atoms. The van der Waals surface area contributed by atoms with E-state index in [0.717, 1.165) is 29.6 Å². The molecule has 0 aromatic carbocycles. The van der Waals surface area contributed by atoms with E-state index in [4.69, 9.17) is 0 Å². The van der Waals surface area contributed by atoms with Crippen LogP contribution >= 0.6 is 0 Å². The van der Waals surface area contributed by atoms with E-state index >= 15 is 0 Å². The van der Waals surface area contributed by atoms with Crippen LogP contribution in [0.4, 0.5) is 0 Å². The Labute approximate surface area is 148 Å². The molecule has 0 radical (unpaired) electrons. The van der Waals surface area contributed by atoms with Crippen LogP contribution in [0.5, 0.6) is 0 Å². The summed E-state index contributed by atoms with van der Waals surface area (Å²) < 4.78 is 0. The lowest BCUT2D eigenvalue weighted by Crippen LogP contribution is -2.54. The summed E-state index contributed by atoms with van der Waals surface area (Å²) in [6.45, 7) is 2.69. The maximum absolute atomic E-state index is 9.58. The summed E-state index contributed by atoms with van der Waals surface area (Å²) in [7, 11) is 0. The lowest BCUT2D eigenvalue weighted by atomic mass is 9.43. The summed E-state index contributed by atoms with van der Waals surface area (Å²) in [4.78, 5) is 0. The van der Waals surface area contributed by atoms with Gasteiger partial charge in [-0.3, -0.25) is 0 Å². The van der Waals surface area contributed by atoms with Gasteiger partial charge in [-0.05, 0) is 111 Å². The molecule has 1 heteroatoms. The van der Waals surface area contributed by atoms with Gasteiger partial charge in [0.25, 0.3) is 0 Å². The zero-order valence-corrected chi connectivity index (χ0v) is 15.6. The van der Waals surface area contributed by atoms with Gasteiger partial charge in [-0.2, -0.15) is 5.26 Å². The number of hydrogen-bond acceptors (Lipinski definition) is 1. The SMILES string of the molecule is CC12CCCCC1CCC1C2CCC23CC(C#N)CCC2CCC13. The van der Waals surface area contributed by atoms with Crippen molar-refractivity contribution in [3.05, 3.63) is 0 Å². The molecule has 8 atom stereocenters. The summed E-state index contributed by atoms with van der Waals surface area (Å²) in [5.74, 6) is 5.41. The fourth-order valence-corrected chi connectivity index (χ4v) is 9.14. The highest BCUT2D eigenvalue weighted by Crippen LogP contribution is 2.70. The summed E-state index contributed by atoms with van der Waals surface area (Å²) in [6, 6.07) is 2.67. The van der Waals surface area contributed by atoms with E-state index in [1.165, 1.54) is 83.5 Å². The van der Waals surface area contributed by atoms with Gasteiger partial charge in [0.15, 0.2) is 0 Å². The van der Waals surface area contributed by atoms with Gasteiger partial charge in [0, 0.05) is 5.92 Å². The van der Waals surface area contributed by atoms with Gasteiger partial charge in [-0.15, -0.1) is 0 Å². The molecule has 0 aromatic heterocycles. The van der Waals surface area contributed by atoms with Gasteiger partial charge in [0.1, 0.15) is 0 Å². The predicted molar refractivity (Wildman–Crippen MR) is 97.1 cm³/mol. The van der Waals surface area contributed by atoms with Crippen LogP contribution in [0, 0.1) is 57.7 Å². The summed E-state index contributed by atoms with van der Waals surface area (Å²) in [6.07, 6.45) is 18.9. The van der Waals surface area contributed by atoms with Crippen molar-refractivity contribution in [2.24, 2.45) is 46.3 Å². The van der Waals surface area contributed by atoms with Crippen molar-refractivity contribution >= 4 is 0 Å². The standard InChI is InChI=1S/C23H35N/c1-22-12-3-2-4-17(22)7-9-19-20(22)11-13-23-14-16(15-24)5-6-18(23)8-10-21(19)23/h16-21H,2-14H2,1H3. The Morgan fingerprint density at radius 3 is 2.50 bits per heavy atom. The second-order valence-electron chi connectivity index (χ2n) is 10.6. The van der Waals surface area contributed by atoms with Crippen LogP contribution in [0.2, 0.25) is 0 Å². The minimum atomic E-state index is 0.375. The van der Waals surface area contributed by atoms with Crippen molar-refractivity contribution in [1.82, 2.24) is 0 Å². The van der Waals surface area contributed by atoms with Crippen molar-refractivity contribution in [2.75, 3.05) is 0 Å². The molecule has 0 bridgehead atoms. The highest BCUT2D eigenvalue weighted by Gasteiger charge is 2.62. The van der Waals surface area contributed by atoms with E-state index in [0.29, 0.717) is 16.7 Å². The third-order valence-electron chi connectivity index (χ3n) is 10.2. The maximum Gasteiger partial charge on any atom is 0.0656 e. The van der Waals surface area contributed by atoms with Crippen LogP contribution in [0.25, 0.3) is 0 Å². The molecule has 1 nitrogen and oxygen atoms in total. The first-order valence-corrected chi connectivity index (χ1v) is 11.1. The summed E-state index contributed by atoms with van der Waals surface area (Å²) >= 11 is 0. The van der Waals surface area contributed by atoms with E-state index in [-0.39, 0.29) is 0 Å².